The van der Waals surface area contributed by atoms with Gasteiger partial charge < -0.3 is 5.11 Å². The topological polar surface area (TPSA) is 61.7 Å². The van der Waals surface area contributed by atoms with Crippen LogP contribution in [0.15, 0.2) is 41.5 Å². The molecule has 0 aliphatic rings. The maximum atomic E-state index is 11.9. The quantitative estimate of drug-likeness (QED) is 0.671. The van der Waals surface area contributed by atoms with E-state index in [-0.39, 0.29) is 11.7 Å². The minimum Gasteiger partial charge on any atom is -0.508 e. The first-order valence-electron chi connectivity index (χ1n) is 6.67. The van der Waals surface area contributed by atoms with Crippen LogP contribution in [0, 0.1) is 20.8 Å². The fraction of sp³-hybridized carbons (Fsp3) is 0.176. The van der Waals surface area contributed by atoms with E-state index in [2.05, 4.69) is 22.7 Å². The summed E-state index contributed by atoms with van der Waals surface area (Å²) in [6.45, 7) is 6.07. The molecule has 0 atom stereocenters. The molecule has 0 bridgehead atoms. The monoisotopic (exact) mass is 282 g/mol. The van der Waals surface area contributed by atoms with Gasteiger partial charge in [-0.25, -0.2) is 5.43 Å². The smallest absolute Gasteiger partial charge is 0.271 e. The molecule has 0 radical (unpaired) electrons. The molecule has 2 rings (SSSR count). The zero-order valence-corrected chi connectivity index (χ0v) is 12.3. The van der Waals surface area contributed by atoms with Gasteiger partial charge in [0.05, 0.1) is 6.21 Å². The summed E-state index contributed by atoms with van der Waals surface area (Å²) >= 11 is 0. The summed E-state index contributed by atoms with van der Waals surface area (Å²) in [5.74, 6) is -0.304. The van der Waals surface area contributed by atoms with Gasteiger partial charge in [-0.1, -0.05) is 23.8 Å². The molecule has 1 amide bonds. The minimum absolute atomic E-state index is 0.0526. The third-order valence-electron chi connectivity index (χ3n) is 3.21. The lowest BCUT2D eigenvalue weighted by atomic mass is 10.0. The van der Waals surface area contributed by atoms with Crippen LogP contribution in [0.2, 0.25) is 0 Å². The van der Waals surface area contributed by atoms with E-state index in [1.165, 1.54) is 17.7 Å². The Morgan fingerprint density at radius 2 is 1.81 bits per heavy atom. The van der Waals surface area contributed by atoms with Gasteiger partial charge in [-0.3, -0.25) is 4.79 Å². The van der Waals surface area contributed by atoms with Gasteiger partial charge in [0.15, 0.2) is 0 Å². The maximum Gasteiger partial charge on any atom is 0.271 e. The van der Waals surface area contributed by atoms with Gasteiger partial charge in [0, 0.05) is 11.1 Å². The van der Waals surface area contributed by atoms with Crippen molar-refractivity contribution >= 4 is 12.1 Å². The Bertz CT molecular complexity index is 683. The highest BCUT2D eigenvalue weighted by Gasteiger charge is 2.05. The van der Waals surface area contributed by atoms with Crippen molar-refractivity contribution in [1.29, 1.82) is 0 Å². The van der Waals surface area contributed by atoms with E-state index >= 15 is 0 Å². The molecule has 0 saturated heterocycles. The van der Waals surface area contributed by atoms with Crippen molar-refractivity contribution in [1.82, 2.24) is 5.43 Å². The Morgan fingerprint density at radius 1 is 1.14 bits per heavy atom. The number of aryl methyl sites for hydroxylation is 3. The number of nitrogens with zero attached hydrogens (tertiary/aromatic N) is 1. The van der Waals surface area contributed by atoms with Gasteiger partial charge in [-0.2, -0.15) is 5.10 Å². The molecule has 0 fully saturated rings. The highest BCUT2D eigenvalue weighted by atomic mass is 16.3. The Morgan fingerprint density at radius 3 is 2.43 bits per heavy atom. The Balaban J connectivity index is 2.11. The molecule has 0 aromatic heterocycles. The summed E-state index contributed by atoms with van der Waals surface area (Å²) < 4.78 is 0. The summed E-state index contributed by atoms with van der Waals surface area (Å²) in [6, 6.07) is 10.3. The van der Waals surface area contributed by atoms with E-state index in [1.807, 2.05) is 20.8 Å². The number of hydrogen-bond acceptors (Lipinski definition) is 3. The average molecular weight is 282 g/mol. The normalized spacial score (nSPS) is 10.8. The van der Waals surface area contributed by atoms with Crippen molar-refractivity contribution < 1.29 is 9.90 Å². The Kier molecular flexibility index (Phi) is 4.38. The van der Waals surface area contributed by atoms with Crippen molar-refractivity contribution in [2.24, 2.45) is 5.10 Å². The number of amides is 1. The molecular weight excluding hydrogens is 264 g/mol. The number of hydrogen-bond donors (Lipinski definition) is 2. The van der Waals surface area contributed by atoms with Crippen LogP contribution >= 0.6 is 0 Å². The zero-order chi connectivity index (χ0) is 15.4. The summed E-state index contributed by atoms with van der Waals surface area (Å²) in [5.41, 5.74) is 7.25. The van der Waals surface area contributed by atoms with Crippen molar-refractivity contribution in [2.45, 2.75) is 20.8 Å². The predicted octanol–water partition coefficient (Wildman–Crippen LogP) is 3.08. The number of phenols is 1. The molecule has 108 valence electrons. The van der Waals surface area contributed by atoms with Crippen LogP contribution < -0.4 is 5.43 Å². The first kappa shape index (κ1) is 14.8. The molecule has 0 saturated carbocycles. The van der Waals surface area contributed by atoms with Gasteiger partial charge in [0.1, 0.15) is 5.75 Å². The fourth-order valence-electron chi connectivity index (χ4n) is 2.26. The predicted molar refractivity (Wildman–Crippen MR) is 83.8 cm³/mol. The summed E-state index contributed by atoms with van der Waals surface area (Å²) in [6.07, 6.45) is 1.64. The Labute approximate surface area is 124 Å². The largest absolute Gasteiger partial charge is 0.508 e. The van der Waals surface area contributed by atoms with Crippen molar-refractivity contribution in [2.75, 3.05) is 0 Å². The van der Waals surface area contributed by atoms with E-state index in [4.69, 9.17) is 0 Å². The molecule has 2 aromatic carbocycles. The van der Waals surface area contributed by atoms with E-state index in [1.54, 1.807) is 18.3 Å². The molecule has 2 aromatic rings. The standard InChI is InChI=1S/C17H18N2O2/c1-11-7-12(2)16(13(3)8-11)10-18-19-17(21)14-5-4-6-15(20)9-14/h4-10,20H,1-3H3,(H,19,21)/b18-10+. The molecular formula is C17H18N2O2. The van der Waals surface area contributed by atoms with Crippen LogP contribution in [-0.4, -0.2) is 17.2 Å². The fourth-order valence-corrected chi connectivity index (χ4v) is 2.26. The van der Waals surface area contributed by atoms with Crippen LogP contribution in [0.1, 0.15) is 32.6 Å². The van der Waals surface area contributed by atoms with Crippen molar-refractivity contribution in [3.05, 3.63) is 64.2 Å². The second kappa shape index (κ2) is 6.22. The maximum absolute atomic E-state index is 11.9. The minimum atomic E-state index is -0.357. The number of aromatic hydroxyl groups is 1. The molecule has 0 unspecified atom stereocenters. The molecule has 0 aliphatic carbocycles. The van der Waals surface area contributed by atoms with Crippen LogP contribution in [-0.2, 0) is 0 Å². The second-order valence-corrected chi connectivity index (χ2v) is 5.06. The van der Waals surface area contributed by atoms with Crippen molar-refractivity contribution in [3.63, 3.8) is 0 Å². The molecule has 0 aliphatic heterocycles. The number of rotatable bonds is 3. The average Bonchev–Trinajstić information content (AvgIpc) is 2.41. The summed E-state index contributed by atoms with van der Waals surface area (Å²) in [7, 11) is 0. The molecule has 4 heteroatoms. The van der Waals surface area contributed by atoms with Gasteiger partial charge >= 0.3 is 0 Å². The van der Waals surface area contributed by atoms with E-state index in [9.17, 15) is 9.90 Å². The lowest BCUT2D eigenvalue weighted by Crippen LogP contribution is -2.17. The number of carbonyl (C=O) groups excluding carboxylic acids is 1. The molecule has 0 heterocycles. The third-order valence-corrected chi connectivity index (χ3v) is 3.21. The van der Waals surface area contributed by atoms with Gasteiger partial charge in [0.25, 0.3) is 5.91 Å². The zero-order valence-electron chi connectivity index (χ0n) is 12.3. The van der Waals surface area contributed by atoms with Crippen LogP contribution in [0.4, 0.5) is 0 Å². The van der Waals surface area contributed by atoms with E-state index in [0.29, 0.717) is 5.56 Å². The van der Waals surface area contributed by atoms with Gasteiger partial charge in [0.2, 0.25) is 0 Å². The SMILES string of the molecule is Cc1cc(C)c(/C=N/NC(=O)c2cccc(O)c2)c(C)c1. The first-order valence-corrected chi connectivity index (χ1v) is 6.67. The van der Waals surface area contributed by atoms with Crippen molar-refractivity contribution in [3.8, 4) is 5.75 Å². The first-order chi connectivity index (χ1) is 9.97. The highest BCUT2D eigenvalue weighted by Crippen LogP contribution is 2.14. The second-order valence-electron chi connectivity index (χ2n) is 5.06. The molecule has 2 N–H and O–H groups in total. The lowest BCUT2D eigenvalue weighted by molar-refractivity contribution is 0.0954. The Hall–Kier alpha value is -2.62. The summed E-state index contributed by atoms with van der Waals surface area (Å²) in [5, 5.41) is 13.3. The molecule has 21 heavy (non-hydrogen) atoms. The molecule has 4 nitrogen and oxygen atoms in total. The highest BCUT2D eigenvalue weighted by molar-refractivity contribution is 5.95. The van der Waals surface area contributed by atoms with Crippen LogP contribution in [0.3, 0.4) is 0 Å². The summed E-state index contributed by atoms with van der Waals surface area (Å²) in [4.78, 5) is 11.9. The number of carbonyl (C=O) groups is 1. The van der Waals surface area contributed by atoms with Crippen LogP contribution in [0.25, 0.3) is 0 Å². The number of hydrazone groups is 1. The van der Waals surface area contributed by atoms with Gasteiger partial charge in [-0.15, -0.1) is 0 Å². The third kappa shape index (κ3) is 3.69. The van der Waals surface area contributed by atoms with Crippen LogP contribution in [0.5, 0.6) is 5.75 Å². The number of benzene rings is 2. The van der Waals surface area contributed by atoms with E-state index < -0.39 is 0 Å². The lowest BCUT2D eigenvalue weighted by Gasteiger charge is -2.06. The molecule has 0 spiro atoms. The number of nitrogens with one attached hydrogen (secondary N) is 1. The van der Waals surface area contributed by atoms with E-state index in [0.717, 1.165) is 16.7 Å². The number of phenolic OH excluding ortho intramolecular Hbond substituents is 1. The van der Waals surface area contributed by atoms with Gasteiger partial charge in [-0.05, 0) is 50.1 Å².